The highest BCUT2D eigenvalue weighted by molar-refractivity contribution is 9.10. The van der Waals surface area contributed by atoms with Gasteiger partial charge in [0, 0.05) is 16.4 Å². The molecule has 4 heteroatoms. The van der Waals surface area contributed by atoms with E-state index in [0.717, 1.165) is 21.3 Å². The summed E-state index contributed by atoms with van der Waals surface area (Å²) >= 11 is 3.38. The lowest BCUT2D eigenvalue weighted by Gasteiger charge is -2.04. The average molecular weight is 331 g/mol. The number of aryl methyl sites for hydroxylation is 1. The lowest BCUT2D eigenvalue weighted by molar-refractivity contribution is 0.255. The van der Waals surface area contributed by atoms with Crippen LogP contribution in [-0.2, 0) is 0 Å². The summed E-state index contributed by atoms with van der Waals surface area (Å²) < 4.78 is 1.03. The van der Waals surface area contributed by atoms with Gasteiger partial charge in [-0.2, -0.15) is 0 Å². The molecule has 2 N–H and O–H groups in total. The summed E-state index contributed by atoms with van der Waals surface area (Å²) in [5, 5.41) is 5.42. The summed E-state index contributed by atoms with van der Waals surface area (Å²) in [6, 6.07) is 15.2. The summed E-state index contributed by atoms with van der Waals surface area (Å²) in [7, 11) is 0. The molecule has 0 bridgehead atoms. The molecule has 0 aliphatic heterocycles. The fraction of sp³-hybridized carbons (Fsp3) is 0.0625. The molecule has 0 unspecified atom stereocenters. The highest BCUT2D eigenvalue weighted by Crippen LogP contribution is 2.11. The Morgan fingerprint density at radius 1 is 1.05 bits per heavy atom. The first-order valence-corrected chi connectivity index (χ1v) is 6.99. The number of benzene rings is 2. The summed E-state index contributed by atoms with van der Waals surface area (Å²) in [5.74, 6) is 0. The largest absolute Gasteiger partial charge is 0.323 e. The van der Waals surface area contributed by atoms with E-state index >= 15 is 0 Å². The molecule has 0 aliphatic carbocycles. The molecule has 0 heterocycles. The van der Waals surface area contributed by atoms with E-state index in [9.17, 15) is 4.79 Å². The van der Waals surface area contributed by atoms with Crippen molar-refractivity contribution < 1.29 is 4.79 Å². The minimum Gasteiger partial charge on any atom is -0.314 e. The topological polar surface area (TPSA) is 41.1 Å². The van der Waals surface area contributed by atoms with Crippen LogP contribution in [-0.4, -0.2) is 6.03 Å². The second-order valence-electron chi connectivity index (χ2n) is 4.35. The van der Waals surface area contributed by atoms with Crippen LogP contribution in [0.15, 0.2) is 59.2 Å². The molecule has 0 aliphatic rings. The van der Waals surface area contributed by atoms with Crippen LogP contribution in [0.2, 0.25) is 0 Å². The normalized spacial score (nSPS) is 10.5. The molecular weight excluding hydrogens is 316 g/mol. The van der Waals surface area contributed by atoms with Crippen molar-refractivity contribution in [3.8, 4) is 0 Å². The molecule has 2 aromatic rings. The smallest absolute Gasteiger partial charge is 0.314 e. The van der Waals surface area contributed by atoms with Gasteiger partial charge in [0.2, 0.25) is 0 Å². The van der Waals surface area contributed by atoms with Gasteiger partial charge in [-0.15, -0.1) is 0 Å². The van der Waals surface area contributed by atoms with Gasteiger partial charge in [0.05, 0.1) is 0 Å². The molecule has 0 saturated heterocycles. The zero-order valence-electron chi connectivity index (χ0n) is 11.1. The number of carbonyl (C=O) groups excluding carboxylic acids is 1. The summed E-state index contributed by atoms with van der Waals surface area (Å²) in [6.07, 6.45) is 3.45. The minimum atomic E-state index is -0.262. The molecule has 0 atom stereocenters. The van der Waals surface area contributed by atoms with Gasteiger partial charge in [-0.3, -0.25) is 0 Å². The molecule has 2 aromatic carbocycles. The van der Waals surface area contributed by atoms with Crippen LogP contribution in [0.25, 0.3) is 6.08 Å². The van der Waals surface area contributed by atoms with Gasteiger partial charge in [-0.1, -0.05) is 45.8 Å². The van der Waals surface area contributed by atoms with Crippen LogP contribution in [0.4, 0.5) is 10.5 Å². The number of anilines is 1. The molecule has 0 spiro atoms. The van der Waals surface area contributed by atoms with Gasteiger partial charge in [-0.05, 0) is 42.8 Å². The van der Waals surface area contributed by atoms with Crippen molar-refractivity contribution in [2.24, 2.45) is 0 Å². The fourth-order valence-electron chi connectivity index (χ4n) is 1.59. The predicted octanol–water partition coefficient (Wildman–Crippen LogP) is 4.55. The number of hydrogen-bond donors (Lipinski definition) is 2. The molecule has 0 aromatic heterocycles. The Labute approximate surface area is 126 Å². The molecule has 3 nitrogen and oxygen atoms in total. The number of rotatable bonds is 3. The third-order valence-electron chi connectivity index (χ3n) is 2.67. The number of halogens is 1. The Bertz CT molecular complexity index is 603. The Balaban J connectivity index is 1.85. The number of hydrogen-bond acceptors (Lipinski definition) is 1. The van der Waals surface area contributed by atoms with Crippen LogP contribution in [0.5, 0.6) is 0 Å². The average Bonchev–Trinajstić information content (AvgIpc) is 2.44. The lowest BCUT2D eigenvalue weighted by Crippen LogP contribution is -2.23. The number of carbonyl (C=O) groups is 1. The highest BCUT2D eigenvalue weighted by atomic mass is 79.9. The molecule has 0 radical (unpaired) electrons. The Kier molecular flexibility index (Phi) is 4.96. The highest BCUT2D eigenvalue weighted by Gasteiger charge is 1.98. The van der Waals surface area contributed by atoms with E-state index in [2.05, 4.69) is 26.6 Å². The number of urea groups is 1. The van der Waals surface area contributed by atoms with E-state index in [1.165, 1.54) is 0 Å². The van der Waals surface area contributed by atoms with Gasteiger partial charge in [-0.25, -0.2) is 4.79 Å². The standard InChI is InChI=1S/C16H15BrN2O/c1-12-2-8-15(9-3-12)19-16(20)18-11-10-13-4-6-14(17)7-5-13/h2-11H,1H3,(H2,18,19,20)/b11-10+. The second kappa shape index (κ2) is 6.91. The zero-order valence-corrected chi connectivity index (χ0v) is 12.6. The molecular formula is C16H15BrN2O. The van der Waals surface area contributed by atoms with E-state index in [1.807, 2.05) is 61.5 Å². The monoisotopic (exact) mass is 330 g/mol. The van der Waals surface area contributed by atoms with E-state index in [-0.39, 0.29) is 6.03 Å². The zero-order chi connectivity index (χ0) is 14.4. The predicted molar refractivity (Wildman–Crippen MR) is 86.5 cm³/mol. The van der Waals surface area contributed by atoms with E-state index < -0.39 is 0 Å². The maximum atomic E-state index is 11.7. The summed E-state index contributed by atoms with van der Waals surface area (Å²) in [4.78, 5) is 11.7. The van der Waals surface area contributed by atoms with Crippen molar-refractivity contribution in [1.82, 2.24) is 5.32 Å². The van der Waals surface area contributed by atoms with E-state index in [0.29, 0.717) is 0 Å². The third-order valence-corrected chi connectivity index (χ3v) is 3.20. The first-order chi connectivity index (χ1) is 9.63. The summed E-state index contributed by atoms with van der Waals surface area (Å²) in [6.45, 7) is 2.00. The van der Waals surface area contributed by atoms with Crippen LogP contribution in [0.3, 0.4) is 0 Å². The first-order valence-electron chi connectivity index (χ1n) is 6.20. The maximum Gasteiger partial charge on any atom is 0.323 e. The second-order valence-corrected chi connectivity index (χ2v) is 5.27. The fourth-order valence-corrected chi connectivity index (χ4v) is 1.86. The number of nitrogens with one attached hydrogen (secondary N) is 2. The van der Waals surface area contributed by atoms with Crippen molar-refractivity contribution in [1.29, 1.82) is 0 Å². The van der Waals surface area contributed by atoms with Gasteiger partial charge in [0.15, 0.2) is 0 Å². The molecule has 2 rings (SSSR count). The number of amides is 2. The molecule has 0 saturated carbocycles. The van der Waals surface area contributed by atoms with Crippen LogP contribution in [0, 0.1) is 6.92 Å². The van der Waals surface area contributed by atoms with Crippen LogP contribution < -0.4 is 10.6 Å². The minimum absolute atomic E-state index is 0.262. The SMILES string of the molecule is Cc1ccc(NC(=O)N/C=C/c2ccc(Br)cc2)cc1. The summed E-state index contributed by atoms with van der Waals surface area (Å²) in [5.41, 5.74) is 2.94. The van der Waals surface area contributed by atoms with Crippen molar-refractivity contribution in [2.45, 2.75) is 6.92 Å². The Morgan fingerprint density at radius 3 is 2.35 bits per heavy atom. The van der Waals surface area contributed by atoms with Crippen LogP contribution in [0.1, 0.15) is 11.1 Å². The first kappa shape index (κ1) is 14.3. The molecule has 2 amide bonds. The van der Waals surface area contributed by atoms with Gasteiger partial charge in [0.25, 0.3) is 0 Å². The van der Waals surface area contributed by atoms with Crippen LogP contribution >= 0.6 is 15.9 Å². The molecule has 102 valence electrons. The van der Waals surface area contributed by atoms with Crippen molar-refractivity contribution in [2.75, 3.05) is 5.32 Å². The van der Waals surface area contributed by atoms with Gasteiger partial charge in [0.1, 0.15) is 0 Å². The maximum absolute atomic E-state index is 11.7. The third kappa shape index (κ3) is 4.55. The van der Waals surface area contributed by atoms with Crippen molar-refractivity contribution >= 4 is 33.7 Å². The van der Waals surface area contributed by atoms with Gasteiger partial charge >= 0.3 is 6.03 Å². The Morgan fingerprint density at radius 2 is 1.70 bits per heavy atom. The Hall–Kier alpha value is -2.07. The van der Waals surface area contributed by atoms with E-state index in [4.69, 9.17) is 0 Å². The van der Waals surface area contributed by atoms with E-state index in [1.54, 1.807) is 6.20 Å². The van der Waals surface area contributed by atoms with Gasteiger partial charge < -0.3 is 10.6 Å². The van der Waals surface area contributed by atoms with Crippen molar-refractivity contribution in [3.05, 3.63) is 70.3 Å². The molecule has 0 fully saturated rings. The quantitative estimate of drug-likeness (QED) is 0.851. The molecule has 20 heavy (non-hydrogen) atoms. The lowest BCUT2D eigenvalue weighted by atomic mass is 10.2. The van der Waals surface area contributed by atoms with Crippen molar-refractivity contribution in [3.63, 3.8) is 0 Å².